The quantitative estimate of drug-likeness (QED) is 0.279. The van der Waals surface area contributed by atoms with Crippen LogP contribution in [0.15, 0.2) is 46.6 Å². The van der Waals surface area contributed by atoms with Gasteiger partial charge in [-0.1, -0.05) is 11.8 Å². The van der Waals surface area contributed by atoms with Crippen molar-refractivity contribution in [2.45, 2.75) is 11.7 Å². The van der Waals surface area contributed by atoms with Crippen LogP contribution in [0.5, 0.6) is 23.0 Å². The van der Waals surface area contributed by atoms with Gasteiger partial charge in [0.2, 0.25) is 17.6 Å². The van der Waals surface area contributed by atoms with Gasteiger partial charge in [-0.3, -0.25) is 9.59 Å². The van der Waals surface area contributed by atoms with E-state index in [1.165, 1.54) is 27.5 Å². The molecule has 0 aliphatic carbocycles. The number of amidine groups is 1. The maximum atomic E-state index is 12.7. The Hall–Kier alpha value is -3.73. The van der Waals surface area contributed by atoms with E-state index >= 15 is 0 Å². The number of rotatable bonds is 7. The minimum absolute atomic E-state index is 0.00181. The maximum Gasteiger partial charge on any atom is 0.247 e. The Labute approximate surface area is 188 Å². The van der Waals surface area contributed by atoms with E-state index in [0.29, 0.717) is 17.0 Å². The van der Waals surface area contributed by atoms with Crippen LogP contribution in [-0.2, 0) is 9.59 Å². The summed E-state index contributed by atoms with van der Waals surface area (Å²) in [6.45, 7) is 0. The van der Waals surface area contributed by atoms with E-state index in [1.807, 2.05) is 0 Å². The molecule has 0 unspecified atom stereocenters. The third-order valence-corrected chi connectivity index (χ3v) is 5.54. The van der Waals surface area contributed by atoms with Gasteiger partial charge < -0.3 is 25.1 Å². The summed E-state index contributed by atoms with van der Waals surface area (Å²) in [5.41, 5.74) is 6.91. The number of thioether (sulfide) groups is 1. The number of anilines is 1. The van der Waals surface area contributed by atoms with Gasteiger partial charge in [-0.15, -0.1) is 5.10 Å². The van der Waals surface area contributed by atoms with Crippen molar-refractivity contribution >= 4 is 40.6 Å². The van der Waals surface area contributed by atoms with Gasteiger partial charge in [-0.25, -0.2) is 4.90 Å². The Bertz CT molecular complexity index is 1050. The minimum atomic E-state index is -0.697. The summed E-state index contributed by atoms with van der Waals surface area (Å²) in [5, 5.41) is 17.1. The summed E-state index contributed by atoms with van der Waals surface area (Å²) in [6, 6.07) is 9.73. The van der Waals surface area contributed by atoms with Gasteiger partial charge in [0.25, 0.3) is 0 Å². The van der Waals surface area contributed by atoms with Crippen molar-refractivity contribution in [3.63, 3.8) is 0 Å². The van der Waals surface area contributed by atoms with Crippen LogP contribution in [0.1, 0.15) is 12.0 Å². The number of imide groups is 1. The van der Waals surface area contributed by atoms with Crippen LogP contribution in [0.4, 0.5) is 5.69 Å². The molecule has 0 aromatic heterocycles. The molecule has 0 saturated carbocycles. The third-order valence-electron chi connectivity index (χ3n) is 4.56. The molecule has 2 amide bonds. The molecule has 0 bridgehead atoms. The second-order valence-corrected chi connectivity index (χ2v) is 7.76. The van der Waals surface area contributed by atoms with E-state index in [0.717, 1.165) is 16.7 Å². The Morgan fingerprint density at radius 3 is 2.31 bits per heavy atom. The molecule has 0 radical (unpaired) electrons. The molecule has 2 aromatic carbocycles. The highest BCUT2D eigenvalue weighted by molar-refractivity contribution is 8.14. The van der Waals surface area contributed by atoms with Gasteiger partial charge in [0.05, 0.1) is 33.2 Å². The molecule has 1 heterocycles. The van der Waals surface area contributed by atoms with E-state index < -0.39 is 5.25 Å². The van der Waals surface area contributed by atoms with E-state index in [9.17, 15) is 14.7 Å². The largest absolute Gasteiger partial charge is 0.502 e. The van der Waals surface area contributed by atoms with Gasteiger partial charge in [-0.2, -0.15) is 5.10 Å². The number of ether oxygens (including phenoxy) is 3. The molecule has 11 heteroatoms. The first-order valence-corrected chi connectivity index (χ1v) is 10.2. The normalized spacial score (nSPS) is 16.7. The molecular weight excluding hydrogens is 436 g/mol. The van der Waals surface area contributed by atoms with E-state index in [2.05, 4.69) is 10.2 Å². The first kappa shape index (κ1) is 22.9. The van der Waals surface area contributed by atoms with Crippen molar-refractivity contribution in [1.82, 2.24) is 0 Å². The summed E-state index contributed by atoms with van der Waals surface area (Å²) in [6.07, 6.45) is 1.39. The summed E-state index contributed by atoms with van der Waals surface area (Å²) < 4.78 is 15.3. The van der Waals surface area contributed by atoms with Gasteiger partial charge in [-0.05, 0) is 36.4 Å². The number of methoxy groups -OCH3 is 3. The van der Waals surface area contributed by atoms with Crippen LogP contribution < -0.4 is 24.8 Å². The van der Waals surface area contributed by atoms with Crippen LogP contribution in [0.25, 0.3) is 0 Å². The number of aromatic hydroxyl groups is 1. The number of nitrogens with zero attached hydrogens (tertiary/aromatic N) is 3. The highest BCUT2D eigenvalue weighted by atomic mass is 32.2. The zero-order valence-electron chi connectivity index (χ0n) is 17.6. The van der Waals surface area contributed by atoms with Crippen molar-refractivity contribution in [1.29, 1.82) is 0 Å². The summed E-state index contributed by atoms with van der Waals surface area (Å²) in [4.78, 5) is 26.2. The third kappa shape index (κ3) is 4.94. The second-order valence-electron chi connectivity index (χ2n) is 6.53. The fourth-order valence-electron chi connectivity index (χ4n) is 3.01. The molecule has 3 rings (SSSR count). The monoisotopic (exact) mass is 458 g/mol. The van der Waals surface area contributed by atoms with Crippen LogP contribution in [0.3, 0.4) is 0 Å². The molecule has 10 nitrogen and oxygen atoms in total. The molecule has 2 aromatic rings. The number of benzene rings is 2. The Balaban J connectivity index is 1.68. The lowest BCUT2D eigenvalue weighted by Gasteiger charge is -2.15. The van der Waals surface area contributed by atoms with Crippen molar-refractivity contribution < 1.29 is 28.9 Å². The van der Waals surface area contributed by atoms with Crippen molar-refractivity contribution in [2.24, 2.45) is 15.9 Å². The number of phenolic OH excluding ortho intramolecular Hbond substituents is 1. The minimum Gasteiger partial charge on any atom is -0.502 e. The summed E-state index contributed by atoms with van der Waals surface area (Å²) >= 11 is 0.966. The smallest absolute Gasteiger partial charge is 0.247 e. The lowest BCUT2D eigenvalue weighted by molar-refractivity contribution is -0.121. The average Bonchev–Trinajstić information content (AvgIpc) is 3.07. The zero-order valence-corrected chi connectivity index (χ0v) is 18.5. The van der Waals surface area contributed by atoms with Crippen LogP contribution in [0, 0.1) is 0 Å². The van der Waals surface area contributed by atoms with Gasteiger partial charge in [0, 0.05) is 12.0 Å². The van der Waals surface area contributed by atoms with E-state index in [4.69, 9.17) is 19.9 Å². The first-order chi connectivity index (χ1) is 15.4. The van der Waals surface area contributed by atoms with Crippen LogP contribution in [0.2, 0.25) is 0 Å². The molecule has 0 spiro atoms. The lowest BCUT2D eigenvalue weighted by atomic mass is 10.2. The van der Waals surface area contributed by atoms with Crippen molar-refractivity contribution in [2.75, 3.05) is 26.2 Å². The van der Waals surface area contributed by atoms with Crippen molar-refractivity contribution in [3.05, 3.63) is 42.0 Å². The molecule has 1 atom stereocenters. The fourth-order valence-corrected chi connectivity index (χ4v) is 3.83. The Morgan fingerprint density at radius 2 is 1.75 bits per heavy atom. The van der Waals surface area contributed by atoms with Crippen molar-refractivity contribution in [3.8, 4) is 23.0 Å². The molecule has 1 aliphatic heterocycles. The molecule has 1 fully saturated rings. The van der Waals surface area contributed by atoms with E-state index in [-0.39, 0.29) is 40.7 Å². The number of nitrogens with two attached hydrogens (primary N) is 1. The summed E-state index contributed by atoms with van der Waals surface area (Å²) in [7, 11) is 4.36. The topological polar surface area (TPSA) is 136 Å². The molecule has 3 N–H and O–H groups in total. The lowest BCUT2D eigenvalue weighted by Crippen LogP contribution is -2.31. The fraction of sp³-hybridized carbons (Fsp3) is 0.238. The van der Waals surface area contributed by atoms with E-state index in [1.54, 1.807) is 36.4 Å². The molecule has 168 valence electrons. The van der Waals surface area contributed by atoms with Gasteiger partial charge in [0.15, 0.2) is 16.7 Å². The number of amides is 2. The highest BCUT2D eigenvalue weighted by Gasteiger charge is 2.40. The predicted molar refractivity (Wildman–Crippen MR) is 122 cm³/mol. The zero-order chi connectivity index (χ0) is 23.3. The first-order valence-electron chi connectivity index (χ1n) is 9.37. The molecule has 1 aliphatic rings. The standard InChI is InChI=1S/C21H22N4O6S/c1-29-14-6-4-13(5-7-14)25-18(26)10-17(20(25)28)32-21(22)24-23-11-12-8-15(30-2)19(27)16(9-12)31-3/h4-9,11,17,27H,10H2,1-3H3,(H2,22,24)/b23-11+/t17-/m0/s1. The van der Waals surface area contributed by atoms with Gasteiger partial charge >= 0.3 is 0 Å². The van der Waals surface area contributed by atoms with Gasteiger partial charge in [0.1, 0.15) is 11.0 Å². The number of carbonyl (C=O) groups excluding carboxylic acids is 2. The molecule has 1 saturated heterocycles. The Morgan fingerprint density at radius 1 is 1.12 bits per heavy atom. The number of carbonyl (C=O) groups is 2. The molecular formula is C21H22N4O6S. The highest BCUT2D eigenvalue weighted by Crippen LogP contribution is 2.36. The van der Waals surface area contributed by atoms with Crippen LogP contribution >= 0.6 is 11.8 Å². The number of hydrogen-bond donors (Lipinski definition) is 2. The summed E-state index contributed by atoms with van der Waals surface area (Å²) in [5.74, 6) is 0.225. The number of phenols is 1. The average molecular weight is 458 g/mol. The molecule has 32 heavy (non-hydrogen) atoms. The Kier molecular flexibility index (Phi) is 7.21. The number of hydrogen-bond acceptors (Lipinski definition) is 9. The predicted octanol–water partition coefficient (Wildman–Crippen LogP) is 2.13. The second kappa shape index (κ2) is 10.1. The SMILES string of the molecule is COc1ccc(N2C(=O)C[C@H](SC(N)=N/N=C/c3cc(OC)c(O)c(OC)c3)C2=O)cc1. The van der Waals surface area contributed by atoms with Crippen LogP contribution in [-0.4, -0.2) is 54.9 Å². The maximum absolute atomic E-state index is 12.7.